The van der Waals surface area contributed by atoms with Crippen LogP contribution in [-0.4, -0.2) is 42.5 Å². The van der Waals surface area contributed by atoms with E-state index in [0.29, 0.717) is 30.2 Å². The van der Waals surface area contributed by atoms with Crippen molar-refractivity contribution in [2.24, 2.45) is 0 Å². The van der Waals surface area contributed by atoms with E-state index in [-0.39, 0.29) is 11.3 Å². The molecule has 0 aliphatic heterocycles. The Kier molecular flexibility index (Phi) is 10.3. The van der Waals surface area contributed by atoms with E-state index in [4.69, 9.17) is 5.73 Å². The molecule has 1 amide bonds. The van der Waals surface area contributed by atoms with Crippen LogP contribution in [0.5, 0.6) is 5.75 Å². The smallest absolute Gasteiger partial charge is 0.255 e. The summed E-state index contributed by atoms with van der Waals surface area (Å²) in [5, 5.41) is 21.3. The normalized spacial score (nSPS) is 10.6. The molecule has 4 aromatic rings. The number of unbranched alkanes of at least 4 members (excludes halogenated alkanes) is 2. The first-order valence-electron chi connectivity index (χ1n) is 12.6. The van der Waals surface area contributed by atoms with E-state index in [1.165, 1.54) is 18.2 Å². The zero-order chi connectivity index (χ0) is 27.5. The van der Waals surface area contributed by atoms with Crippen molar-refractivity contribution in [1.82, 2.24) is 30.3 Å². The van der Waals surface area contributed by atoms with Crippen molar-refractivity contribution in [3.63, 3.8) is 0 Å². The van der Waals surface area contributed by atoms with E-state index in [1.807, 2.05) is 20.0 Å². The maximum atomic E-state index is 13.5. The standard InChI is InChI=1S/C25H27F2N7O2.C2H6/c26-21-9-7-16(12-22(21)27)17-6-8-20(23(35)13-17)24(36)29-10-11-34-15-19(32-33-34)5-3-1-2-4-18-14-30-25(28)31-18;1-2/h6-9,12-15,35H,1-5,10-11H2,(H,29,36)(H3,28,30,31);1-2H3. The van der Waals surface area contributed by atoms with Crippen LogP contribution in [0.2, 0.25) is 0 Å². The Hall–Kier alpha value is -4.28. The summed E-state index contributed by atoms with van der Waals surface area (Å²) in [6.45, 7) is 4.72. The number of hydrogen-bond acceptors (Lipinski definition) is 6. The van der Waals surface area contributed by atoms with Crippen molar-refractivity contribution >= 4 is 11.9 Å². The van der Waals surface area contributed by atoms with Gasteiger partial charge in [0.25, 0.3) is 5.91 Å². The zero-order valence-electron chi connectivity index (χ0n) is 21.5. The highest BCUT2D eigenvalue weighted by molar-refractivity contribution is 5.97. The first kappa shape index (κ1) is 28.3. The molecule has 38 heavy (non-hydrogen) atoms. The molecule has 0 saturated heterocycles. The van der Waals surface area contributed by atoms with Gasteiger partial charge in [-0.3, -0.25) is 9.48 Å². The van der Waals surface area contributed by atoms with Crippen LogP contribution in [0.4, 0.5) is 14.7 Å². The zero-order valence-corrected chi connectivity index (χ0v) is 21.5. The van der Waals surface area contributed by atoms with Crippen LogP contribution in [0.25, 0.3) is 11.1 Å². The van der Waals surface area contributed by atoms with Gasteiger partial charge in [-0.15, -0.1) is 5.10 Å². The predicted octanol–water partition coefficient (Wildman–Crippen LogP) is 4.65. The number of nitrogens with one attached hydrogen (secondary N) is 2. The Labute approximate surface area is 220 Å². The van der Waals surface area contributed by atoms with Crippen LogP contribution in [-0.2, 0) is 19.4 Å². The van der Waals surface area contributed by atoms with Gasteiger partial charge in [-0.25, -0.2) is 13.8 Å². The molecule has 2 heterocycles. The third kappa shape index (κ3) is 7.86. The first-order valence-corrected chi connectivity index (χ1v) is 12.6. The minimum Gasteiger partial charge on any atom is -0.507 e. The topological polar surface area (TPSA) is 135 Å². The average Bonchev–Trinajstić information content (AvgIpc) is 3.55. The van der Waals surface area contributed by atoms with Gasteiger partial charge in [0.1, 0.15) is 5.75 Å². The maximum Gasteiger partial charge on any atom is 0.255 e. The average molecular weight is 526 g/mol. The van der Waals surface area contributed by atoms with E-state index in [0.717, 1.165) is 55.6 Å². The monoisotopic (exact) mass is 525 g/mol. The molecule has 2 aromatic heterocycles. The molecule has 0 saturated carbocycles. The second-order valence-corrected chi connectivity index (χ2v) is 8.44. The van der Waals surface area contributed by atoms with Crippen molar-refractivity contribution in [2.75, 3.05) is 12.3 Å². The Morgan fingerprint density at radius 1 is 1.05 bits per heavy atom. The summed E-state index contributed by atoms with van der Waals surface area (Å²) in [7, 11) is 0. The fraction of sp³-hybridized carbons (Fsp3) is 0.333. The second kappa shape index (κ2) is 13.9. The van der Waals surface area contributed by atoms with Crippen LogP contribution in [0.1, 0.15) is 54.9 Å². The van der Waals surface area contributed by atoms with Crippen LogP contribution in [0, 0.1) is 11.6 Å². The molecular formula is C27H33F2N7O2. The van der Waals surface area contributed by atoms with Gasteiger partial charge in [0, 0.05) is 18.4 Å². The van der Waals surface area contributed by atoms with Crippen molar-refractivity contribution in [1.29, 1.82) is 0 Å². The lowest BCUT2D eigenvalue weighted by Crippen LogP contribution is -2.27. The molecule has 0 aliphatic carbocycles. The molecule has 5 N–H and O–H groups in total. The van der Waals surface area contributed by atoms with Crippen molar-refractivity contribution in [2.45, 2.75) is 52.5 Å². The number of nitrogens with zero attached hydrogens (tertiary/aromatic N) is 4. The molecule has 2 aromatic carbocycles. The van der Waals surface area contributed by atoms with Crippen LogP contribution >= 0.6 is 0 Å². The van der Waals surface area contributed by atoms with E-state index >= 15 is 0 Å². The number of nitrogen functional groups attached to an aromatic ring is 1. The third-order valence-corrected chi connectivity index (χ3v) is 5.73. The fourth-order valence-corrected chi connectivity index (χ4v) is 3.82. The summed E-state index contributed by atoms with van der Waals surface area (Å²) < 4.78 is 28.3. The number of phenolic OH excluding ortho intramolecular Hbond substituents is 1. The molecule has 0 fully saturated rings. The maximum absolute atomic E-state index is 13.5. The lowest BCUT2D eigenvalue weighted by molar-refractivity contribution is 0.0949. The van der Waals surface area contributed by atoms with Crippen molar-refractivity contribution in [3.8, 4) is 16.9 Å². The number of aromatic hydroxyl groups is 1. The lowest BCUT2D eigenvalue weighted by atomic mass is 10.0. The molecule has 0 spiro atoms. The quantitative estimate of drug-likeness (QED) is 0.211. The molecule has 0 radical (unpaired) electrons. The summed E-state index contributed by atoms with van der Waals surface area (Å²) in [6, 6.07) is 7.80. The molecule has 9 nitrogen and oxygen atoms in total. The number of amides is 1. The number of anilines is 1. The highest BCUT2D eigenvalue weighted by atomic mass is 19.2. The van der Waals surface area contributed by atoms with Gasteiger partial charge in [-0.05, 0) is 61.1 Å². The number of phenols is 1. The van der Waals surface area contributed by atoms with Crippen LogP contribution < -0.4 is 11.1 Å². The van der Waals surface area contributed by atoms with Crippen LogP contribution in [0.3, 0.4) is 0 Å². The summed E-state index contributed by atoms with van der Waals surface area (Å²) in [6.07, 6.45) is 8.38. The molecule has 4 rings (SSSR count). The minimum absolute atomic E-state index is 0.0819. The number of H-pyrrole nitrogens is 1. The number of carbonyl (C=O) groups is 1. The largest absolute Gasteiger partial charge is 0.507 e. The summed E-state index contributed by atoms with van der Waals surface area (Å²) >= 11 is 0. The fourth-order valence-electron chi connectivity index (χ4n) is 3.82. The number of imidazole rings is 1. The highest BCUT2D eigenvalue weighted by Crippen LogP contribution is 2.27. The third-order valence-electron chi connectivity index (χ3n) is 5.73. The minimum atomic E-state index is -0.985. The van der Waals surface area contributed by atoms with Gasteiger partial charge >= 0.3 is 0 Å². The molecule has 0 bridgehead atoms. The van der Waals surface area contributed by atoms with Gasteiger partial charge in [0.2, 0.25) is 0 Å². The molecular weight excluding hydrogens is 492 g/mol. The molecule has 11 heteroatoms. The number of carbonyl (C=O) groups excluding carboxylic acids is 1. The number of nitrogens with two attached hydrogens (primary N) is 1. The number of halogens is 2. The van der Waals surface area contributed by atoms with Gasteiger partial charge in [0.15, 0.2) is 17.6 Å². The Morgan fingerprint density at radius 2 is 1.79 bits per heavy atom. The summed E-state index contributed by atoms with van der Waals surface area (Å²) in [5.41, 5.74) is 8.43. The SMILES string of the molecule is CC.Nc1ncc(CCCCCc2cn(CCNC(=O)c3ccc(-c4ccc(F)c(F)c4)cc3O)nn2)[nH]1. The Morgan fingerprint density at radius 3 is 2.50 bits per heavy atom. The summed E-state index contributed by atoms with van der Waals surface area (Å²) in [4.78, 5) is 19.5. The van der Waals surface area contributed by atoms with E-state index in [2.05, 4.69) is 25.6 Å². The van der Waals surface area contributed by atoms with E-state index in [9.17, 15) is 18.7 Å². The van der Waals surface area contributed by atoms with Crippen molar-refractivity contribution in [3.05, 3.63) is 77.4 Å². The van der Waals surface area contributed by atoms with Gasteiger partial charge < -0.3 is 21.1 Å². The predicted molar refractivity (Wildman–Crippen MR) is 141 cm³/mol. The van der Waals surface area contributed by atoms with Gasteiger partial charge in [-0.1, -0.05) is 37.6 Å². The lowest BCUT2D eigenvalue weighted by Gasteiger charge is -2.09. The number of benzene rings is 2. The first-order chi connectivity index (χ1) is 18.4. The Balaban J connectivity index is 0.00000195. The summed E-state index contributed by atoms with van der Waals surface area (Å²) in [5.74, 6) is -2.21. The number of aromatic amines is 1. The van der Waals surface area contributed by atoms with E-state index in [1.54, 1.807) is 16.9 Å². The van der Waals surface area contributed by atoms with Gasteiger partial charge in [0.05, 0.1) is 24.0 Å². The van der Waals surface area contributed by atoms with Gasteiger partial charge in [-0.2, -0.15) is 0 Å². The molecule has 0 atom stereocenters. The number of aryl methyl sites for hydroxylation is 2. The molecule has 0 aliphatic rings. The highest BCUT2D eigenvalue weighted by Gasteiger charge is 2.13. The van der Waals surface area contributed by atoms with E-state index < -0.39 is 17.5 Å². The number of rotatable bonds is 11. The molecule has 0 unspecified atom stereocenters. The van der Waals surface area contributed by atoms with Crippen molar-refractivity contribution < 1.29 is 18.7 Å². The van der Waals surface area contributed by atoms with Crippen LogP contribution in [0.15, 0.2) is 48.8 Å². The molecule has 202 valence electrons. The Bertz CT molecular complexity index is 1340. The second-order valence-electron chi connectivity index (χ2n) is 8.44. The number of hydrogen-bond donors (Lipinski definition) is 4. The number of aromatic nitrogens is 5.